The number of carbonyl (C=O) groups excluding carboxylic acids is 1. The lowest BCUT2D eigenvalue weighted by Crippen LogP contribution is -2.45. The Bertz CT molecular complexity index is 411. The van der Waals surface area contributed by atoms with Crippen molar-refractivity contribution < 1.29 is 19.7 Å². The lowest BCUT2D eigenvalue weighted by Gasteiger charge is -2.26. The molecule has 4 nitrogen and oxygen atoms in total. The van der Waals surface area contributed by atoms with Gasteiger partial charge in [0, 0.05) is 12.0 Å². The van der Waals surface area contributed by atoms with E-state index in [2.05, 4.69) is 0 Å². The molecule has 0 radical (unpaired) electrons. The zero-order valence-electron chi connectivity index (χ0n) is 9.01. The molecule has 0 amide bonds. The quantitative estimate of drug-likeness (QED) is 0.733. The minimum absolute atomic E-state index is 0.355. The van der Waals surface area contributed by atoms with Crippen molar-refractivity contribution in [3.63, 3.8) is 0 Å². The van der Waals surface area contributed by atoms with Crippen LogP contribution in [0, 0.1) is 0 Å². The van der Waals surface area contributed by atoms with Crippen LogP contribution < -0.4 is 4.74 Å². The Morgan fingerprint density at radius 2 is 2.38 bits per heavy atom. The van der Waals surface area contributed by atoms with Gasteiger partial charge in [-0.05, 0) is 30.7 Å². The lowest BCUT2D eigenvalue weighted by molar-refractivity contribution is -0.0729. The summed E-state index contributed by atoms with van der Waals surface area (Å²) in [5.74, 6) is 0.671. The molecule has 2 N–H and O–H groups in total. The van der Waals surface area contributed by atoms with E-state index in [0.717, 1.165) is 11.8 Å². The van der Waals surface area contributed by atoms with Crippen LogP contribution in [-0.4, -0.2) is 34.8 Å². The predicted molar refractivity (Wildman–Crippen MR) is 57.7 cm³/mol. The van der Waals surface area contributed by atoms with Crippen LogP contribution in [0.5, 0.6) is 5.75 Å². The van der Waals surface area contributed by atoms with Crippen LogP contribution in [-0.2, 0) is 6.42 Å². The Morgan fingerprint density at radius 3 is 3.00 bits per heavy atom. The smallest absolute Gasteiger partial charge is 0.150 e. The van der Waals surface area contributed by atoms with E-state index >= 15 is 0 Å². The van der Waals surface area contributed by atoms with Gasteiger partial charge >= 0.3 is 0 Å². The van der Waals surface area contributed by atoms with E-state index in [1.54, 1.807) is 18.2 Å². The van der Waals surface area contributed by atoms with Crippen LogP contribution in [0.2, 0.25) is 0 Å². The Morgan fingerprint density at radius 1 is 1.62 bits per heavy atom. The molecule has 1 aliphatic heterocycles. The highest BCUT2D eigenvalue weighted by atomic mass is 16.5. The second-order valence-corrected chi connectivity index (χ2v) is 4.31. The fourth-order valence-corrected chi connectivity index (χ4v) is 1.79. The summed E-state index contributed by atoms with van der Waals surface area (Å²) < 4.78 is 5.54. The first kappa shape index (κ1) is 11.1. The van der Waals surface area contributed by atoms with E-state index in [1.165, 1.54) is 6.92 Å². The number of hydrogen-bond acceptors (Lipinski definition) is 4. The molecule has 4 heteroatoms. The van der Waals surface area contributed by atoms with Crippen molar-refractivity contribution in [1.82, 2.24) is 0 Å². The minimum atomic E-state index is -1.26. The third-order valence-electron chi connectivity index (χ3n) is 2.91. The molecule has 1 heterocycles. The predicted octanol–water partition coefficient (Wildman–Crippen LogP) is 0.546. The van der Waals surface area contributed by atoms with Crippen LogP contribution >= 0.6 is 0 Å². The number of carbonyl (C=O) groups is 1. The maximum absolute atomic E-state index is 10.6. The topological polar surface area (TPSA) is 66.8 Å². The molecule has 0 saturated heterocycles. The highest BCUT2D eigenvalue weighted by Crippen LogP contribution is 2.33. The number of ether oxygens (including phenoxy) is 1. The van der Waals surface area contributed by atoms with E-state index in [0.29, 0.717) is 17.7 Å². The van der Waals surface area contributed by atoms with Gasteiger partial charge in [0.2, 0.25) is 0 Å². The number of fused-ring (bicyclic) bond motifs is 1. The Balaban J connectivity index is 2.24. The first-order chi connectivity index (χ1) is 7.56. The Labute approximate surface area is 93.5 Å². The molecule has 1 aromatic rings. The van der Waals surface area contributed by atoms with Gasteiger partial charge in [0.15, 0.2) is 0 Å². The summed E-state index contributed by atoms with van der Waals surface area (Å²) in [7, 11) is 0. The first-order valence-corrected chi connectivity index (χ1v) is 5.15. The summed E-state index contributed by atoms with van der Waals surface area (Å²) >= 11 is 0. The van der Waals surface area contributed by atoms with Crippen molar-refractivity contribution in [3.05, 3.63) is 29.3 Å². The maximum Gasteiger partial charge on any atom is 0.150 e. The van der Waals surface area contributed by atoms with Gasteiger partial charge in [-0.3, -0.25) is 4.79 Å². The van der Waals surface area contributed by atoms with Gasteiger partial charge in [0.25, 0.3) is 0 Å². The largest absolute Gasteiger partial charge is 0.487 e. The second kappa shape index (κ2) is 3.88. The Kier molecular flexibility index (Phi) is 2.69. The fourth-order valence-electron chi connectivity index (χ4n) is 1.79. The van der Waals surface area contributed by atoms with Crippen LogP contribution in [0.1, 0.15) is 22.8 Å². The van der Waals surface area contributed by atoms with E-state index in [1.807, 2.05) is 0 Å². The molecule has 0 bridgehead atoms. The molecule has 0 unspecified atom stereocenters. The van der Waals surface area contributed by atoms with Gasteiger partial charge in [0.1, 0.15) is 23.7 Å². The summed E-state index contributed by atoms with van der Waals surface area (Å²) in [6.07, 6.45) is 0.817. The molecule has 2 atom stereocenters. The van der Waals surface area contributed by atoms with E-state index in [4.69, 9.17) is 9.84 Å². The summed E-state index contributed by atoms with van der Waals surface area (Å²) in [4.78, 5) is 10.6. The number of aliphatic hydroxyl groups is 2. The molecule has 1 aliphatic rings. The number of rotatable bonds is 3. The monoisotopic (exact) mass is 222 g/mol. The zero-order valence-corrected chi connectivity index (χ0v) is 9.01. The molecular weight excluding hydrogens is 208 g/mol. The number of aliphatic hydroxyl groups excluding tert-OH is 1. The second-order valence-electron chi connectivity index (χ2n) is 4.31. The van der Waals surface area contributed by atoms with Crippen molar-refractivity contribution in [3.8, 4) is 5.75 Å². The number of aldehydes is 1. The normalized spacial score (nSPS) is 22.1. The molecule has 0 aliphatic carbocycles. The molecule has 0 saturated carbocycles. The third-order valence-corrected chi connectivity index (χ3v) is 2.91. The van der Waals surface area contributed by atoms with Crippen molar-refractivity contribution in [2.75, 3.05) is 6.61 Å². The van der Waals surface area contributed by atoms with Crippen LogP contribution in [0.4, 0.5) is 0 Å². The van der Waals surface area contributed by atoms with Crippen molar-refractivity contribution in [2.24, 2.45) is 0 Å². The Hall–Kier alpha value is -1.39. The van der Waals surface area contributed by atoms with Crippen molar-refractivity contribution >= 4 is 6.29 Å². The highest BCUT2D eigenvalue weighted by molar-refractivity contribution is 5.75. The molecule has 0 fully saturated rings. The van der Waals surface area contributed by atoms with Gasteiger partial charge in [-0.2, -0.15) is 0 Å². The van der Waals surface area contributed by atoms with Gasteiger partial charge in [0.05, 0.1) is 6.61 Å². The molecule has 16 heavy (non-hydrogen) atoms. The van der Waals surface area contributed by atoms with Gasteiger partial charge in [-0.1, -0.05) is 0 Å². The van der Waals surface area contributed by atoms with Crippen molar-refractivity contribution in [1.29, 1.82) is 0 Å². The number of benzene rings is 1. The summed E-state index contributed by atoms with van der Waals surface area (Å²) in [5.41, 5.74) is 0.218. The average molecular weight is 222 g/mol. The SMILES string of the molecule is C[C@@](O)(CO)[C@@H]1Cc2cc(C=O)ccc2O1. The third kappa shape index (κ3) is 1.81. The van der Waals surface area contributed by atoms with Crippen LogP contribution in [0.25, 0.3) is 0 Å². The van der Waals surface area contributed by atoms with E-state index < -0.39 is 11.7 Å². The minimum Gasteiger partial charge on any atom is -0.487 e. The van der Waals surface area contributed by atoms with Gasteiger partial charge in [-0.15, -0.1) is 0 Å². The first-order valence-electron chi connectivity index (χ1n) is 5.15. The van der Waals surface area contributed by atoms with Crippen LogP contribution in [0.3, 0.4) is 0 Å². The molecular formula is C12H14O4. The lowest BCUT2D eigenvalue weighted by atomic mass is 9.95. The summed E-state index contributed by atoms with van der Waals surface area (Å²) in [6, 6.07) is 5.13. The molecule has 0 spiro atoms. The molecule has 1 aromatic carbocycles. The molecule has 2 rings (SSSR count). The van der Waals surface area contributed by atoms with E-state index in [9.17, 15) is 9.90 Å². The van der Waals surface area contributed by atoms with E-state index in [-0.39, 0.29) is 6.61 Å². The molecule has 0 aromatic heterocycles. The van der Waals surface area contributed by atoms with Crippen LogP contribution in [0.15, 0.2) is 18.2 Å². The molecule has 86 valence electrons. The number of hydrogen-bond donors (Lipinski definition) is 2. The maximum atomic E-state index is 10.6. The fraction of sp³-hybridized carbons (Fsp3) is 0.417. The average Bonchev–Trinajstić information content (AvgIpc) is 2.72. The summed E-state index contributed by atoms with van der Waals surface area (Å²) in [6.45, 7) is 1.18. The van der Waals surface area contributed by atoms with Crippen molar-refractivity contribution in [2.45, 2.75) is 25.0 Å². The van der Waals surface area contributed by atoms with Gasteiger partial charge in [-0.25, -0.2) is 0 Å². The van der Waals surface area contributed by atoms with Gasteiger partial charge < -0.3 is 14.9 Å². The summed E-state index contributed by atoms with van der Waals surface area (Å²) in [5, 5.41) is 18.9. The standard InChI is InChI=1S/C12H14O4/c1-12(15,7-14)11-5-9-4-8(6-13)2-3-10(9)16-11/h2-4,6,11,14-15H,5,7H2,1H3/t11-,12+/m0/s1. The zero-order chi connectivity index (χ0) is 11.8. The highest BCUT2D eigenvalue weighted by Gasteiger charge is 2.37.